The van der Waals surface area contributed by atoms with Gasteiger partial charge in [-0.15, -0.1) is 11.3 Å². The highest BCUT2D eigenvalue weighted by Gasteiger charge is 2.24. The predicted octanol–water partition coefficient (Wildman–Crippen LogP) is 7.46. The zero-order valence-corrected chi connectivity index (χ0v) is 18.7. The molecular formula is C22H17Cl3N2OS. The van der Waals surface area contributed by atoms with Crippen molar-refractivity contribution in [2.75, 3.05) is 0 Å². The van der Waals surface area contributed by atoms with Crippen molar-refractivity contribution in [3.63, 3.8) is 0 Å². The Hall–Kier alpha value is -1.82. The van der Waals surface area contributed by atoms with Crippen molar-refractivity contribution in [2.45, 2.75) is 19.4 Å². The van der Waals surface area contributed by atoms with Crippen LogP contribution in [-0.2, 0) is 5.60 Å². The van der Waals surface area contributed by atoms with Gasteiger partial charge in [-0.05, 0) is 62.4 Å². The van der Waals surface area contributed by atoms with E-state index in [9.17, 15) is 5.11 Å². The van der Waals surface area contributed by atoms with Crippen molar-refractivity contribution >= 4 is 46.1 Å². The van der Waals surface area contributed by atoms with Crippen molar-refractivity contribution in [3.8, 4) is 26.7 Å². The van der Waals surface area contributed by atoms with E-state index < -0.39 is 5.60 Å². The predicted molar refractivity (Wildman–Crippen MR) is 123 cm³/mol. The minimum absolute atomic E-state index is 0.558. The lowest BCUT2D eigenvalue weighted by Gasteiger charge is -2.13. The van der Waals surface area contributed by atoms with Crippen LogP contribution in [0.15, 0.2) is 60.7 Å². The van der Waals surface area contributed by atoms with Crippen molar-refractivity contribution < 1.29 is 5.11 Å². The number of nitrogens with zero attached hydrogens (tertiary/aromatic N) is 2. The molecule has 2 aromatic carbocycles. The first-order valence-electron chi connectivity index (χ1n) is 8.87. The van der Waals surface area contributed by atoms with Gasteiger partial charge in [-0.2, -0.15) is 5.10 Å². The lowest BCUT2D eigenvalue weighted by atomic mass is 10.1. The molecule has 0 amide bonds. The Morgan fingerprint density at radius 2 is 1.62 bits per heavy atom. The Kier molecular flexibility index (Phi) is 5.49. The van der Waals surface area contributed by atoms with Gasteiger partial charge >= 0.3 is 0 Å². The summed E-state index contributed by atoms with van der Waals surface area (Å²) in [5, 5.41) is 17.0. The zero-order chi connectivity index (χ0) is 20.8. The Bertz CT molecular complexity index is 1190. The van der Waals surface area contributed by atoms with E-state index in [1.165, 1.54) is 0 Å². The normalized spacial score (nSPS) is 11.8. The molecule has 4 rings (SSSR count). The molecular weight excluding hydrogens is 447 g/mol. The number of halogens is 3. The third-order valence-electron chi connectivity index (χ3n) is 4.47. The van der Waals surface area contributed by atoms with Gasteiger partial charge in [0.1, 0.15) is 5.60 Å². The summed E-state index contributed by atoms with van der Waals surface area (Å²) < 4.78 is 1.77. The minimum Gasteiger partial charge on any atom is -0.384 e. The van der Waals surface area contributed by atoms with Crippen LogP contribution < -0.4 is 0 Å². The van der Waals surface area contributed by atoms with Crippen molar-refractivity contribution in [3.05, 3.63) is 81.4 Å². The molecule has 0 bridgehead atoms. The number of hydrogen-bond acceptors (Lipinski definition) is 3. The molecule has 2 aromatic heterocycles. The number of hydrogen-bond donors (Lipinski definition) is 1. The molecule has 0 saturated carbocycles. The molecule has 0 aliphatic rings. The number of thiophene rings is 1. The van der Waals surface area contributed by atoms with Crippen LogP contribution in [0.2, 0.25) is 15.1 Å². The van der Waals surface area contributed by atoms with E-state index in [1.807, 2.05) is 48.5 Å². The number of aliphatic hydroxyl groups is 1. The van der Waals surface area contributed by atoms with Gasteiger partial charge in [-0.3, -0.25) is 0 Å². The van der Waals surface area contributed by atoms with E-state index in [2.05, 4.69) is 5.10 Å². The zero-order valence-electron chi connectivity index (χ0n) is 15.7. The molecule has 0 spiro atoms. The largest absolute Gasteiger partial charge is 0.384 e. The van der Waals surface area contributed by atoms with Crippen molar-refractivity contribution in [1.82, 2.24) is 9.78 Å². The van der Waals surface area contributed by atoms with E-state index in [1.54, 1.807) is 42.0 Å². The van der Waals surface area contributed by atoms with Gasteiger partial charge in [0.05, 0.1) is 27.0 Å². The van der Waals surface area contributed by atoms with Gasteiger partial charge in [-0.1, -0.05) is 46.9 Å². The quantitative estimate of drug-likeness (QED) is 0.341. The Morgan fingerprint density at radius 3 is 2.34 bits per heavy atom. The molecule has 3 nitrogen and oxygen atoms in total. The first-order chi connectivity index (χ1) is 13.7. The molecule has 0 fully saturated rings. The lowest BCUT2D eigenvalue weighted by molar-refractivity contribution is 0.0734. The number of aromatic nitrogens is 2. The summed E-state index contributed by atoms with van der Waals surface area (Å²) in [6, 6.07) is 18.8. The molecule has 1 N–H and O–H groups in total. The molecule has 0 radical (unpaired) electrons. The van der Waals surface area contributed by atoms with E-state index >= 15 is 0 Å². The van der Waals surface area contributed by atoms with Crippen molar-refractivity contribution in [2.24, 2.45) is 0 Å². The van der Waals surface area contributed by atoms with Gasteiger partial charge in [0.25, 0.3) is 0 Å². The fourth-order valence-electron chi connectivity index (χ4n) is 2.97. The molecule has 0 unspecified atom stereocenters. The second-order valence-electron chi connectivity index (χ2n) is 7.13. The summed E-state index contributed by atoms with van der Waals surface area (Å²) in [6.45, 7) is 3.42. The van der Waals surface area contributed by atoms with Crippen LogP contribution in [0.5, 0.6) is 0 Å². The van der Waals surface area contributed by atoms with Gasteiger partial charge in [0.2, 0.25) is 0 Å². The molecule has 0 atom stereocenters. The molecule has 0 saturated heterocycles. The smallest absolute Gasteiger partial charge is 0.103 e. The van der Waals surface area contributed by atoms with Gasteiger partial charge in [0, 0.05) is 20.5 Å². The first-order valence-corrected chi connectivity index (χ1v) is 10.8. The lowest BCUT2D eigenvalue weighted by Crippen LogP contribution is -2.16. The van der Waals surface area contributed by atoms with E-state index in [0.29, 0.717) is 20.8 Å². The minimum atomic E-state index is -1.09. The number of rotatable bonds is 4. The maximum atomic E-state index is 10.5. The number of para-hydroxylation sites is 1. The molecule has 2 heterocycles. The Morgan fingerprint density at radius 1 is 0.897 bits per heavy atom. The molecule has 0 aliphatic carbocycles. The van der Waals surface area contributed by atoms with Crippen molar-refractivity contribution in [1.29, 1.82) is 0 Å². The summed E-state index contributed by atoms with van der Waals surface area (Å²) in [4.78, 5) is 1.96. The topological polar surface area (TPSA) is 38.0 Å². The molecule has 7 heteroatoms. The summed E-state index contributed by atoms with van der Waals surface area (Å²) in [5.41, 5.74) is 1.93. The SMILES string of the molecule is CC(C)(O)c1cc(-c2ccc(-c3cc(Cl)ccc3Cl)s2)n(-c2ccccc2Cl)n1. The Labute approximate surface area is 188 Å². The van der Waals surface area contributed by atoms with Crippen LogP contribution in [0.3, 0.4) is 0 Å². The molecule has 4 aromatic rings. The fraction of sp³-hybridized carbons (Fsp3) is 0.136. The monoisotopic (exact) mass is 462 g/mol. The van der Waals surface area contributed by atoms with Crippen LogP contribution in [-0.4, -0.2) is 14.9 Å². The summed E-state index contributed by atoms with van der Waals surface area (Å²) in [7, 11) is 0. The maximum Gasteiger partial charge on any atom is 0.103 e. The highest BCUT2D eigenvalue weighted by Crippen LogP contribution is 2.40. The molecule has 29 heavy (non-hydrogen) atoms. The van der Waals surface area contributed by atoms with Crippen LogP contribution in [0.1, 0.15) is 19.5 Å². The van der Waals surface area contributed by atoms with Crippen LogP contribution in [0, 0.1) is 0 Å². The van der Waals surface area contributed by atoms with E-state index in [-0.39, 0.29) is 0 Å². The van der Waals surface area contributed by atoms with Gasteiger partial charge in [-0.25, -0.2) is 4.68 Å². The Balaban J connectivity index is 1.87. The summed E-state index contributed by atoms with van der Waals surface area (Å²) in [5.74, 6) is 0. The van der Waals surface area contributed by atoms with Crippen LogP contribution in [0.25, 0.3) is 26.7 Å². The van der Waals surface area contributed by atoms with Crippen LogP contribution >= 0.6 is 46.1 Å². The third kappa shape index (κ3) is 4.09. The average molecular weight is 464 g/mol. The third-order valence-corrected chi connectivity index (χ3v) is 6.49. The molecule has 0 aliphatic heterocycles. The maximum absolute atomic E-state index is 10.5. The second-order valence-corrected chi connectivity index (χ2v) is 9.46. The van der Waals surface area contributed by atoms with E-state index in [4.69, 9.17) is 34.8 Å². The summed E-state index contributed by atoms with van der Waals surface area (Å²) in [6.07, 6.45) is 0. The second kappa shape index (κ2) is 7.78. The molecule has 148 valence electrons. The first kappa shape index (κ1) is 20.5. The highest BCUT2D eigenvalue weighted by molar-refractivity contribution is 7.18. The number of benzene rings is 2. The average Bonchev–Trinajstić information content (AvgIpc) is 3.30. The standard InChI is InChI=1S/C22H17Cl3N2OS/c1-22(2,28)21-12-18(27(26-21)17-6-4-3-5-16(17)25)20-10-9-19(29-20)14-11-13(23)7-8-15(14)24/h3-12,28H,1-2H3. The highest BCUT2D eigenvalue weighted by atomic mass is 35.5. The van der Waals surface area contributed by atoms with Crippen LogP contribution in [0.4, 0.5) is 0 Å². The van der Waals surface area contributed by atoms with Gasteiger partial charge < -0.3 is 5.11 Å². The fourth-order valence-corrected chi connectivity index (χ4v) is 4.67. The van der Waals surface area contributed by atoms with E-state index in [0.717, 1.165) is 26.7 Å². The summed E-state index contributed by atoms with van der Waals surface area (Å²) >= 11 is 20.5. The van der Waals surface area contributed by atoms with Gasteiger partial charge in [0.15, 0.2) is 0 Å².